The predicted octanol–water partition coefficient (Wildman–Crippen LogP) is 3.55. The lowest BCUT2D eigenvalue weighted by Gasteiger charge is -2.16. The van der Waals surface area contributed by atoms with Crippen LogP contribution in [0.4, 0.5) is 0 Å². The molecule has 21 heavy (non-hydrogen) atoms. The zero-order valence-corrected chi connectivity index (χ0v) is 12.5. The molecule has 0 heterocycles. The summed E-state index contributed by atoms with van der Waals surface area (Å²) in [4.78, 5) is 0. The molecule has 1 atom stereocenters. The van der Waals surface area contributed by atoms with Gasteiger partial charge in [-0.2, -0.15) is 0 Å². The minimum atomic E-state index is -0.0551. The van der Waals surface area contributed by atoms with Crippen molar-refractivity contribution >= 4 is 0 Å². The summed E-state index contributed by atoms with van der Waals surface area (Å²) in [6, 6.07) is 15.0. The third-order valence-electron chi connectivity index (χ3n) is 2.94. The zero-order chi connectivity index (χ0) is 15.1. The molecule has 4 nitrogen and oxygen atoms in total. The molecule has 4 heteroatoms. The lowest BCUT2D eigenvalue weighted by atomic mass is 10.3. The third-order valence-corrected chi connectivity index (χ3v) is 2.94. The maximum absolute atomic E-state index is 5.78. The Kier molecular flexibility index (Phi) is 5.32. The average Bonchev–Trinajstić information content (AvgIpc) is 2.54. The van der Waals surface area contributed by atoms with Crippen LogP contribution in [0.2, 0.25) is 0 Å². The van der Waals surface area contributed by atoms with E-state index in [4.69, 9.17) is 18.9 Å². The molecule has 112 valence electrons. The van der Waals surface area contributed by atoms with Crippen LogP contribution in [0.25, 0.3) is 0 Å². The van der Waals surface area contributed by atoms with Gasteiger partial charge in [-0.3, -0.25) is 0 Å². The fourth-order valence-electron chi connectivity index (χ4n) is 1.81. The summed E-state index contributed by atoms with van der Waals surface area (Å²) in [6.45, 7) is 2.44. The number of hydrogen-bond acceptors (Lipinski definition) is 4. The summed E-state index contributed by atoms with van der Waals surface area (Å²) in [6.07, 6.45) is -0.0551. The van der Waals surface area contributed by atoms with Crippen molar-refractivity contribution in [2.45, 2.75) is 13.0 Å². The number of benzene rings is 2. The Morgan fingerprint density at radius 1 is 0.714 bits per heavy atom. The smallest absolute Gasteiger partial charge is 0.130 e. The van der Waals surface area contributed by atoms with Crippen molar-refractivity contribution in [3.63, 3.8) is 0 Å². The molecule has 0 bridgehead atoms. The molecule has 0 fully saturated rings. The van der Waals surface area contributed by atoms with Gasteiger partial charge in [0.05, 0.1) is 14.2 Å². The van der Waals surface area contributed by atoms with Crippen LogP contribution in [0.5, 0.6) is 23.0 Å². The van der Waals surface area contributed by atoms with Crippen LogP contribution in [0.1, 0.15) is 6.92 Å². The molecule has 0 radical (unpaired) electrons. The van der Waals surface area contributed by atoms with Crippen LogP contribution < -0.4 is 18.9 Å². The highest BCUT2D eigenvalue weighted by Crippen LogP contribution is 2.20. The van der Waals surface area contributed by atoms with Gasteiger partial charge in [0, 0.05) is 0 Å². The molecule has 0 N–H and O–H groups in total. The molecular formula is C17H20O4. The normalized spacial score (nSPS) is 11.6. The van der Waals surface area contributed by atoms with E-state index in [0.717, 1.165) is 23.0 Å². The van der Waals surface area contributed by atoms with E-state index >= 15 is 0 Å². The van der Waals surface area contributed by atoms with Crippen LogP contribution in [0.3, 0.4) is 0 Å². The molecule has 2 aromatic rings. The lowest BCUT2D eigenvalue weighted by Crippen LogP contribution is -2.21. The van der Waals surface area contributed by atoms with Gasteiger partial charge in [-0.25, -0.2) is 0 Å². The van der Waals surface area contributed by atoms with Gasteiger partial charge in [-0.1, -0.05) is 0 Å². The lowest BCUT2D eigenvalue weighted by molar-refractivity contribution is 0.143. The Hall–Kier alpha value is -2.36. The largest absolute Gasteiger partial charge is 0.497 e. The van der Waals surface area contributed by atoms with E-state index in [1.165, 1.54) is 0 Å². The Balaban J connectivity index is 1.81. The quantitative estimate of drug-likeness (QED) is 0.780. The van der Waals surface area contributed by atoms with E-state index in [0.29, 0.717) is 6.61 Å². The second-order valence-electron chi connectivity index (χ2n) is 4.59. The second-order valence-corrected chi connectivity index (χ2v) is 4.59. The SMILES string of the molecule is COc1ccc(OCC(C)Oc2ccc(OC)cc2)cc1. The fraction of sp³-hybridized carbons (Fsp3) is 0.294. The minimum absolute atomic E-state index is 0.0551. The molecule has 2 rings (SSSR count). The second kappa shape index (κ2) is 7.43. The standard InChI is InChI=1S/C17H20O4/c1-13(21-17-10-6-15(19-3)7-11-17)12-20-16-8-4-14(18-2)5-9-16/h4-11,13H,12H2,1-3H3. The van der Waals surface area contributed by atoms with Gasteiger partial charge in [0.2, 0.25) is 0 Å². The van der Waals surface area contributed by atoms with E-state index in [2.05, 4.69) is 0 Å². The zero-order valence-electron chi connectivity index (χ0n) is 12.5. The Morgan fingerprint density at radius 3 is 1.62 bits per heavy atom. The van der Waals surface area contributed by atoms with Crippen molar-refractivity contribution in [1.29, 1.82) is 0 Å². The van der Waals surface area contributed by atoms with Crippen LogP contribution >= 0.6 is 0 Å². The van der Waals surface area contributed by atoms with Gasteiger partial charge >= 0.3 is 0 Å². The number of methoxy groups -OCH3 is 2. The monoisotopic (exact) mass is 288 g/mol. The van der Waals surface area contributed by atoms with Gasteiger partial charge in [0.25, 0.3) is 0 Å². The van der Waals surface area contributed by atoms with Crippen molar-refractivity contribution in [2.75, 3.05) is 20.8 Å². The summed E-state index contributed by atoms with van der Waals surface area (Å²) in [5.41, 5.74) is 0. The minimum Gasteiger partial charge on any atom is -0.497 e. The Labute approximate surface area is 125 Å². The van der Waals surface area contributed by atoms with Crippen molar-refractivity contribution in [3.05, 3.63) is 48.5 Å². The maximum atomic E-state index is 5.78. The van der Waals surface area contributed by atoms with Crippen molar-refractivity contribution < 1.29 is 18.9 Å². The third kappa shape index (κ3) is 4.60. The molecule has 0 spiro atoms. The molecule has 0 aliphatic carbocycles. The van der Waals surface area contributed by atoms with Crippen molar-refractivity contribution in [2.24, 2.45) is 0 Å². The summed E-state index contributed by atoms with van der Waals surface area (Å²) in [5.74, 6) is 3.21. The van der Waals surface area contributed by atoms with Gasteiger partial charge < -0.3 is 18.9 Å². The number of ether oxygens (including phenoxy) is 4. The predicted molar refractivity (Wildman–Crippen MR) is 81.6 cm³/mol. The molecule has 0 saturated heterocycles. The average molecular weight is 288 g/mol. The maximum Gasteiger partial charge on any atom is 0.130 e. The summed E-state index contributed by atoms with van der Waals surface area (Å²) >= 11 is 0. The van der Waals surface area contributed by atoms with Crippen molar-refractivity contribution in [3.8, 4) is 23.0 Å². The number of rotatable bonds is 7. The van der Waals surface area contributed by atoms with Crippen LogP contribution in [0, 0.1) is 0 Å². The molecule has 0 aromatic heterocycles. The topological polar surface area (TPSA) is 36.9 Å². The molecule has 0 amide bonds. The van der Waals surface area contributed by atoms with E-state index < -0.39 is 0 Å². The van der Waals surface area contributed by atoms with Gasteiger partial charge in [-0.05, 0) is 55.5 Å². The van der Waals surface area contributed by atoms with E-state index in [1.54, 1.807) is 14.2 Å². The highest BCUT2D eigenvalue weighted by molar-refractivity contribution is 5.32. The first-order valence-corrected chi connectivity index (χ1v) is 6.79. The summed E-state index contributed by atoms with van der Waals surface area (Å²) in [7, 11) is 3.28. The molecule has 0 aliphatic rings. The van der Waals surface area contributed by atoms with E-state index in [9.17, 15) is 0 Å². The fourth-order valence-corrected chi connectivity index (χ4v) is 1.81. The molecular weight excluding hydrogens is 268 g/mol. The Bertz CT molecular complexity index is 534. The molecule has 2 aromatic carbocycles. The molecule has 0 saturated carbocycles. The van der Waals surface area contributed by atoms with Crippen LogP contribution in [-0.4, -0.2) is 26.9 Å². The highest BCUT2D eigenvalue weighted by Gasteiger charge is 2.06. The first-order valence-electron chi connectivity index (χ1n) is 6.79. The first kappa shape index (κ1) is 15.0. The van der Waals surface area contributed by atoms with E-state index in [1.807, 2.05) is 55.5 Å². The van der Waals surface area contributed by atoms with Crippen LogP contribution in [-0.2, 0) is 0 Å². The molecule has 1 unspecified atom stereocenters. The molecule has 0 aliphatic heterocycles. The van der Waals surface area contributed by atoms with Gasteiger partial charge in [-0.15, -0.1) is 0 Å². The number of hydrogen-bond donors (Lipinski definition) is 0. The van der Waals surface area contributed by atoms with Crippen LogP contribution in [0.15, 0.2) is 48.5 Å². The first-order chi connectivity index (χ1) is 10.2. The Morgan fingerprint density at radius 2 is 1.14 bits per heavy atom. The van der Waals surface area contributed by atoms with Gasteiger partial charge in [0.1, 0.15) is 35.7 Å². The summed E-state index contributed by atoms with van der Waals surface area (Å²) < 4.78 is 21.7. The highest BCUT2D eigenvalue weighted by atomic mass is 16.5. The van der Waals surface area contributed by atoms with Crippen molar-refractivity contribution in [1.82, 2.24) is 0 Å². The van der Waals surface area contributed by atoms with E-state index in [-0.39, 0.29) is 6.10 Å². The summed E-state index contributed by atoms with van der Waals surface area (Å²) in [5, 5.41) is 0. The van der Waals surface area contributed by atoms with Gasteiger partial charge in [0.15, 0.2) is 0 Å².